The molecular weight excluding hydrogens is 384 g/mol. The standard InChI is InChI=1S/C23H28N2O5/c1-5-29-20-10-8-18(9-11-20)23(28)24-13-22(27)30-14-21(26)25-17(4)19-7-6-15(2)16(3)12-19/h6-12,17H,5,13-14H2,1-4H3,(H,24,28)(H,25,26)/t17-/m0/s1. The third kappa shape index (κ3) is 6.92. The summed E-state index contributed by atoms with van der Waals surface area (Å²) in [6.07, 6.45) is 0. The molecule has 7 nitrogen and oxygen atoms in total. The summed E-state index contributed by atoms with van der Waals surface area (Å²) in [5.41, 5.74) is 3.69. The van der Waals surface area contributed by atoms with Crippen molar-refractivity contribution in [3.63, 3.8) is 0 Å². The maximum atomic E-state index is 12.1. The van der Waals surface area contributed by atoms with Gasteiger partial charge in [0.15, 0.2) is 6.61 Å². The number of nitrogens with one attached hydrogen (secondary N) is 2. The predicted octanol–water partition coefficient (Wildman–Crippen LogP) is 2.85. The number of rotatable bonds is 9. The number of hydrogen-bond acceptors (Lipinski definition) is 5. The van der Waals surface area contributed by atoms with E-state index in [0.717, 1.165) is 11.1 Å². The van der Waals surface area contributed by atoms with Crippen molar-refractivity contribution in [3.8, 4) is 5.75 Å². The number of esters is 1. The Morgan fingerprint density at radius 2 is 1.70 bits per heavy atom. The third-order valence-electron chi connectivity index (χ3n) is 4.59. The molecule has 0 radical (unpaired) electrons. The monoisotopic (exact) mass is 412 g/mol. The minimum absolute atomic E-state index is 0.213. The van der Waals surface area contributed by atoms with Gasteiger partial charge in [-0.05, 0) is 68.7 Å². The highest BCUT2D eigenvalue weighted by Crippen LogP contribution is 2.16. The van der Waals surface area contributed by atoms with Gasteiger partial charge < -0.3 is 20.1 Å². The van der Waals surface area contributed by atoms with E-state index in [-0.39, 0.29) is 12.6 Å². The van der Waals surface area contributed by atoms with Crippen molar-refractivity contribution in [3.05, 3.63) is 64.7 Å². The molecule has 0 saturated carbocycles. The number of carbonyl (C=O) groups is 3. The van der Waals surface area contributed by atoms with Gasteiger partial charge in [-0.3, -0.25) is 14.4 Å². The van der Waals surface area contributed by atoms with Crippen LogP contribution in [-0.2, 0) is 14.3 Å². The molecule has 30 heavy (non-hydrogen) atoms. The van der Waals surface area contributed by atoms with Crippen molar-refractivity contribution >= 4 is 17.8 Å². The van der Waals surface area contributed by atoms with Gasteiger partial charge in [-0.1, -0.05) is 18.2 Å². The van der Waals surface area contributed by atoms with Crippen LogP contribution in [0.5, 0.6) is 5.75 Å². The number of hydrogen-bond donors (Lipinski definition) is 2. The molecule has 0 aliphatic heterocycles. The molecule has 7 heteroatoms. The lowest BCUT2D eigenvalue weighted by molar-refractivity contribution is -0.147. The summed E-state index contributed by atoms with van der Waals surface area (Å²) in [5, 5.41) is 5.26. The molecule has 2 aromatic carbocycles. The second-order valence-corrected chi connectivity index (χ2v) is 6.93. The molecule has 0 aromatic heterocycles. The zero-order chi connectivity index (χ0) is 22.1. The maximum Gasteiger partial charge on any atom is 0.325 e. The highest BCUT2D eigenvalue weighted by atomic mass is 16.5. The summed E-state index contributed by atoms with van der Waals surface area (Å²) >= 11 is 0. The van der Waals surface area contributed by atoms with Crippen molar-refractivity contribution in [1.82, 2.24) is 10.6 Å². The molecule has 2 N–H and O–H groups in total. The Balaban J connectivity index is 1.73. The van der Waals surface area contributed by atoms with Gasteiger partial charge in [0, 0.05) is 5.56 Å². The van der Waals surface area contributed by atoms with E-state index in [0.29, 0.717) is 17.9 Å². The molecule has 2 aromatic rings. The minimum atomic E-state index is -0.691. The SMILES string of the molecule is CCOc1ccc(C(=O)NCC(=O)OCC(=O)N[C@@H](C)c2ccc(C)c(C)c2)cc1. The summed E-state index contributed by atoms with van der Waals surface area (Å²) in [6.45, 7) is 7.57. The fraction of sp³-hybridized carbons (Fsp3) is 0.348. The third-order valence-corrected chi connectivity index (χ3v) is 4.59. The average molecular weight is 412 g/mol. The Morgan fingerprint density at radius 1 is 1.00 bits per heavy atom. The first-order valence-electron chi connectivity index (χ1n) is 9.83. The second-order valence-electron chi connectivity index (χ2n) is 6.93. The maximum absolute atomic E-state index is 12.1. The lowest BCUT2D eigenvalue weighted by Gasteiger charge is -2.16. The lowest BCUT2D eigenvalue weighted by atomic mass is 10.0. The summed E-state index contributed by atoms with van der Waals surface area (Å²) < 4.78 is 10.3. The summed E-state index contributed by atoms with van der Waals surface area (Å²) in [6, 6.07) is 12.3. The fourth-order valence-electron chi connectivity index (χ4n) is 2.72. The molecule has 0 heterocycles. The van der Waals surface area contributed by atoms with Gasteiger partial charge in [0.25, 0.3) is 11.8 Å². The fourth-order valence-corrected chi connectivity index (χ4v) is 2.72. The zero-order valence-electron chi connectivity index (χ0n) is 17.8. The Bertz CT molecular complexity index is 893. The van der Waals surface area contributed by atoms with E-state index in [2.05, 4.69) is 10.6 Å². The zero-order valence-corrected chi connectivity index (χ0v) is 17.8. The molecule has 160 valence electrons. The first-order valence-corrected chi connectivity index (χ1v) is 9.83. The van der Waals surface area contributed by atoms with E-state index in [9.17, 15) is 14.4 Å². The predicted molar refractivity (Wildman–Crippen MR) is 113 cm³/mol. The highest BCUT2D eigenvalue weighted by molar-refractivity contribution is 5.96. The van der Waals surface area contributed by atoms with E-state index in [1.54, 1.807) is 24.3 Å². The van der Waals surface area contributed by atoms with Crippen LogP contribution in [0.25, 0.3) is 0 Å². The smallest absolute Gasteiger partial charge is 0.325 e. The molecule has 2 rings (SSSR count). The van der Waals surface area contributed by atoms with Gasteiger partial charge in [-0.25, -0.2) is 0 Å². The van der Waals surface area contributed by atoms with Crippen LogP contribution in [0.3, 0.4) is 0 Å². The lowest BCUT2D eigenvalue weighted by Crippen LogP contribution is -2.34. The van der Waals surface area contributed by atoms with Crippen molar-refractivity contribution in [2.45, 2.75) is 33.7 Å². The van der Waals surface area contributed by atoms with E-state index >= 15 is 0 Å². The van der Waals surface area contributed by atoms with Crippen LogP contribution in [-0.4, -0.2) is 37.5 Å². The van der Waals surface area contributed by atoms with Gasteiger partial charge in [-0.2, -0.15) is 0 Å². The van der Waals surface area contributed by atoms with Crippen LogP contribution in [0.4, 0.5) is 0 Å². The molecule has 1 atom stereocenters. The normalized spacial score (nSPS) is 11.3. The number of amides is 2. The highest BCUT2D eigenvalue weighted by Gasteiger charge is 2.14. The van der Waals surface area contributed by atoms with Crippen LogP contribution in [0, 0.1) is 13.8 Å². The van der Waals surface area contributed by atoms with E-state index in [1.807, 2.05) is 45.9 Å². The molecule has 0 fully saturated rings. The average Bonchev–Trinajstić information content (AvgIpc) is 2.73. The molecule has 2 amide bonds. The van der Waals surface area contributed by atoms with Crippen molar-refractivity contribution in [2.24, 2.45) is 0 Å². The molecule has 0 aliphatic carbocycles. The summed E-state index contributed by atoms with van der Waals surface area (Å²) in [7, 11) is 0. The largest absolute Gasteiger partial charge is 0.494 e. The summed E-state index contributed by atoms with van der Waals surface area (Å²) in [4.78, 5) is 35.9. The Morgan fingerprint density at radius 3 is 2.33 bits per heavy atom. The number of carbonyl (C=O) groups excluding carboxylic acids is 3. The van der Waals surface area contributed by atoms with Gasteiger partial charge in [0.2, 0.25) is 0 Å². The molecule has 0 unspecified atom stereocenters. The van der Waals surface area contributed by atoms with Crippen LogP contribution >= 0.6 is 0 Å². The minimum Gasteiger partial charge on any atom is -0.494 e. The molecule has 0 bridgehead atoms. The topological polar surface area (TPSA) is 93.7 Å². The molecule has 0 saturated heterocycles. The van der Waals surface area contributed by atoms with Gasteiger partial charge in [0.05, 0.1) is 12.6 Å². The molecule has 0 aliphatic rings. The van der Waals surface area contributed by atoms with Crippen LogP contribution < -0.4 is 15.4 Å². The van der Waals surface area contributed by atoms with Crippen molar-refractivity contribution < 1.29 is 23.9 Å². The van der Waals surface area contributed by atoms with Crippen molar-refractivity contribution in [1.29, 1.82) is 0 Å². The Kier molecular flexibility index (Phi) is 8.41. The molecule has 0 spiro atoms. The summed E-state index contributed by atoms with van der Waals surface area (Å²) in [5.74, 6) is -0.854. The number of ether oxygens (including phenoxy) is 2. The van der Waals surface area contributed by atoms with Crippen LogP contribution in [0.15, 0.2) is 42.5 Å². The van der Waals surface area contributed by atoms with Gasteiger partial charge in [0.1, 0.15) is 12.3 Å². The van der Waals surface area contributed by atoms with E-state index in [1.165, 1.54) is 5.56 Å². The van der Waals surface area contributed by atoms with E-state index < -0.39 is 24.4 Å². The van der Waals surface area contributed by atoms with E-state index in [4.69, 9.17) is 9.47 Å². The second kappa shape index (κ2) is 11.0. The first-order chi connectivity index (χ1) is 14.3. The number of benzene rings is 2. The Labute approximate surface area is 176 Å². The van der Waals surface area contributed by atoms with Crippen molar-refractivity contribution in [2.75, 3.05) is 19.8 Å². The first kappa shape index (κ1) is 22.9. The van der Waals surface area contributed by atoms with Crippen LogP contribution in [0.2, 0.25) is 0 Å². The molecular formula is C23H28N2O5. The van der Waals surface area contributed by atoms with Crippen LogP contribution in [0.1, 0.15) is 46.9 Å². The van der Waals surface area contributed by atoms with Gasteiger partial charge in [-0.15, -0.1) is 0 Å². The van der Waals surface area contributed by atoms with Gasteiger partial charge >= 0.3 is 5.97 Å². The quantitative estimate of drug-likeness (QED) is 0.618. The number of aryl methyl sites for hydroxylation is 2. The Hall–Kier alpha value is -3.35.